The molecule has 9 heteroatoms. The van der Waals surface area contributed by atoms with Crippen LogP contribution < -0.4 is 10.1 Å². The number of rotatable bonds is 9. The first-order chi connectivity index (χ1) is 13.5. The maximum absolute atomic E-state index is 13.2. The first-order valence-corrected chi connectivity index (χ1v) is 11.3. The first-order valence-electron chi connectivity index (χ1n) is 9.87. The van der Waals surface area contributed by atoms with E-state index in [1.165, 1.54) is 0 Å². The second-order valence-corrected chi connectivity index (χ2v) is 8.67. The second-order valence-electron chi connectivity index (χ2n) is 6.77. The number of nitrogens with one attached hydrogen (secondary N) is 1. The lowest BCUT2D eigenvalue weighted by atomic mass is 10.2. The van der Waals surface area contributed by atoms with E-state index in [9.17, 15) is 8.42 Å². The van der Waals surface area contributed by atoms with Gasteiger partial charge in [0.1, 0.15) is 10.6 Å². The highest BCUT2D eigenvalue weighted by Gasteiger charge is 2.29. The maximum atomic E-state index is 13.2. The molecule has 0 aliphatic carbocycles. The van der Waals surface area contributed by atoms with Gasteiger partial charge in [-0.1, -0.05) is 18.5 Å². The van der Waals surface area contributed by atoms with Crippen molar-refractivity contribution in [2.75, 3.05) is 25.0 Å². The molecule has 0 spiro atoms. The van der Waals surface area contributed by atoms with Gasteiger partial charge in [0, 0.05) is 25.2 Å². The fourth-order valence-corrected chi connectivity index (χ4v) is 4.88. The summed E-state index contributed by atoms with van der Waals surface area (Å²) in [5, 5.41) is 7.09. The van der Waals surface area contributed by atoms with Gasteiger partial charge in [0.15, 0.2) is 5.82 Å². The molecular formula is C19H28N4O4S. The summed E-state index contributed by atoms with van der Waals surface area (Å²) in [6.07, 6.45) is 4.56. The molecule has 1 N–H and O–H groups in total. The molecule has 1 aliphatic heterocycles. The van der Waals surface area contributed by atoms with Crippen molar-refractivity contribution in [2.24, 2.45) is 0 Å². The van der Waals surface area contributed by atoms with Gasteiger partial charge >= 0.3 is 0 Å². The Morgan fingerprint density at radius 3 is 2.71 bits per heavy atom. The van der Waals surface area contributed by atoms with Crippen LogP contribution in [0, 0.1) is 0 Å². The maximum Gasteiger partial charge on any atom is 0.246 e. The summed E-state index contributed by atoms with van der Waals surface area (Å²) in [6.45, 7) is 5.72. The van der Waals surface area contributed by atoms with E-state index in [0.29, 0.717) is 49.4 Å². The molecule has 2 heterocycles. The Morgan fingerprint density at radius 1 is 1.21 bits per heavy atom. The Labute approximate surface area is 166 Å². The molecule has 1 fully saturated rings. The van der Waals surface area contributed by atoms with Crippen molar-refractivity contribution in [2.45, 2.75) is 57.4 Å². The molecule has 0 bridgehead atoms. The third-order valence-electron chi connectivity index (χ3n) is 4.60. The van der Waals surface area contributed by atoms with Crippen molar-refractivity contribution in [1.82, 2.24) is 14.4 Å². The summed E-state index contributed by atoms with van der Waals surface area (Å²) in [6, 6.07) is 5.11. The van der Waals surface area contributed by atoms with Crippen molar-refractivity contribution in [3.63, 3.8) is 0 Å². The van der Waals surface area contributed by atoms with Crippen LogP contribution >= 0.6 is 0 Å². The number of hydrogen-bond acceptors (Lipinski definition) is 7. The van der Waals surface area contributed by atoms with Gasteiger partial charge in [-0.3, -0.25) is 0 Å². The van der Waals surface area contributed by atoms with Crippen LogP contribution in [0.5, 0.6) is 5.75 Å². The van der Waals surface area contributed by atoms with E-state index in [0.717, 1.165) is 32.1 Å². The summed E-state index contributed by atoms with van der Waals surface area (Å²) in [5.74, 6) is 1.53. The number of sulfonamides is 1. The van der Waals surface area contributed by atoms with Crippen LogP contribution in [-0.2, 0) is 23.0 Å². The van der Waals surface area contributed by atoms with E-state index in [1.807, 2.05) is 6.92 Å². The van der Waals surface area contributed by atoms with Crippen molar-refractivity contribution in [1.29, 1.82) is 0 Å². The van der Waals surface area contributed by atoms with E-state index in [-0.39, 0.29) is 4.90 Å². The highest BCUT2D eigenvalue weighted by molar-refractivity contribution is 7.89. The molecule has 2 aromatic rings. The van der Waals surface area contributed by atoms with Crippen molar-refractivity contribution >= 4 is 15.7 Å². The van der Waals surface area contributed by atoms with Crippen molar-refractivity contribution in [3.8, 4) is 5.75 Å². The molecule has 0 saturated carbocycles. The normalized spacial score (nSPS) is 15.5. The Balaban J connectivity index is 1.80. The van der Waals surface area contributed by atoms with Crippen LogP contribution in [0.1, 0.15) is 51.2 Å². The zero-order valence-corrected chi connectivity index (χ0v) is 17.3. The molecule has 154 valence electrons. The number of aryl methyl sites for hydroxylation is 1. The van der Waals surface area contributed by atoms with Gasteiger partial charge in [-0.05, 0) is 44.4 Å². The van der Waals surface area contributed by atoms with Crippen molar-refractivity contribution < 1.29 is 17.7 Å². The topological polar surface area (TPSA) is 97.6 Å². The minimum Gasteiger partial charge on any atom is -0.492 e. The lowest BCUT2D eigenvalue weighted by Gasteiger charge is -2.27. The summed E-state index contributed by atoms with van der Waals surface area (Å²) in [7, 11) is -3.61. The molecule has 0 atom stereocenters. The van der Waals surface area contributed by atoms with E-state index >= 15 is 0 Å². The minimum atomic E-state index is -3.61. The predicted molar refractivity (Wildman–Crippen MR) is 106 cm³/mol. The number of ether oxygens (including phenoxy) is 1. The average molecular weight is 409 g/mol. The molecule has 0 amide bonds. The lowest BCUT2D eigenvalue weighted by Crippen LogP contribution is -2.35. The van der Waals surface area contributed by atoms with Gasteiger partial charge in [-0.2, -0.15) is 9.29 Å². The monoisotopic (exact) mass is 408 g/mol. The van der Waals surface area contributed by atoms with E-state index in [1.54, 1.807) is 22.5 Å². The van der Waals surface area contributed by atoms with Crippen LogP contribution in [0.4, 0.5) is 5.69 Å². The zero-order valence-electron chi connectivity index (χ0n) is 16.5. The third kappa shape index (κ3) is 4.82. The molecule has 1 aromatic carbocycles. The molecule has 8 nitrogen and oxygen atoms in total. The summed E-state index contributed by atoms with van der Waals surface area (Å²) < 4.78 is 38.7. The Morgan fingerprint density at radius 2 is 2.00 bits per heavy atom. The molecule has 3 rings (SSSR count). The number of aromatic nitrogens is 2. The van der Waals surface area contributed by atoms with Gasteiger partial charge in [-0.15, -0.1) is 0 Å². The smallest absolute Gasteiger partial charge is 0.246 e. The summed E-state index contributed by atoms with van der Waals surface area (Å²) in [5.41, 5.74) is 0.661. The van der Waals surface area contributed by atoms with Crippen LogP contribution in [0.3, 0.4) is 0 Å². The number of nitrogens with zero attached hydrogens (tertiary/aromatic N) is 3. The quantitative estimate of drug-likeness (QED) is 0.680. The highest BCUT2D eigenvalue weighted by atomic mass is 32.2. The van der Waals surface area contributed by atoms with Gasteiger partial charge in [0.25, 0.3) is 0 Å². The van der Waals surface area contributed by atoms with E-state index in [2.05, 4.69) is 22.4 Å². The van der Waals surface area contributed by atoms with Gasteiger partial charge in [0.05, 0.1) is 13.2 Å². The molecule has 1 aliphatic rings. The number of piperidine rings is 1. The zero-order chi connectivity index (χ0) is 20.0. The van der Waals surface area contributed by atoms with Crippen molar-refractivity contribution in [3.05, 3.63) is 29.9 Å². The Bertz CT molecular complexity index is 876. The van der Waals surface area contributed by atoms with E-state index in [4.69, 9.17) is 9.26 Å². The van der Waals surface area contributed by atoms with Crippen LogP contribution in [0.15, 0.2) is 27.6 Å². The summed E-state index contributed by atoms with van der Waals surface area (Å²) >= 11 is 0. The fraction of sp³-hybridized carbons (Fsp3) is 0.579. The first kappa shape index (κ1) is 20.6. The molecule has 28 heavy (non-hydrogen) atoms. The lowest BCUT2D eigenvalue weighted by molar-refractivity contribution is 0.323. The molecule has 1 aromatic heterocycles. The van der Waals surface area contributed by atoms with Crippen LogP contribution in [0.25, 0.3) is 0 Å². The third-order valence-corrected chi connectivity index (χ3v) is 6.52. The van der Waals surface area contributed by atoms with Gasteiger partial charge < -0.3 is 14.6 Å². The fourth-order valence-electron chi connectivity index (χ4n) is 3.20. The molecular weight excluding hydrogens is 380 g/mol. The number of hydrogen-bond donors (Lipinski definition) is 1. The average Bonchev–Trinajstić information content (AvgIpc) is 3.16. The standard InChI is InChI=1S/C19H28N4O4S/c1-3-8-18-21-19(27-22-18)14-20-15-9-10-16(26-4-2)17(13-15)28(24,25)23-11-6-5-7-12-23/h9-10,13,20H,3-8,11-12,14H2,1-2H3. The summed E-state index contributed by atoms with van der Waals surface area (Å²) in [4.78, 5) is 4.51. The minimum absolute atomic E-state index is 0.193. The Kier molecular flexibility index (Phi) is 6.90. The van der Waals surface area contributed by atoms with Crippen LogP contribution in [0.2, 0.25) is 0 Å². The van der Waals surface area contributed by atoms with Gasteiger partial charge in [-0.25, -0.2) is 8.42 Å². The highest BCUT2D eigenvalue weighted by Crippen LogP contribution is 2.31. The number of benzene rings is 1. The van der Waals surface area contributed by atoms with E-state index < -0.39 is 10.0 Å². The SMILES string of the molecule is CCCc1noc(CNc2ccc(OCC)c(S(=O)(=O)N3CCCCC3)c2)n1. The number of anilines is 1. The van der Waals surface area contributed by atoms with Gasteiger partial charge in [0.2, 0.25) is 15.9 Å². The second kappa shape index (κ2) is 9.38. The predicted octanol–water partition coefficient (Wildman–Crippen LogP) is 3.21. The Hall–Kier alpha value is -2.13. The molecule has 0 unspecified atom stereocenters. The largest absolute Gasteiger partial charge is 0.492 e. The molecule has 0 radical (unpaired) electrons. The van der Waals surface area contributed by atoms with Crippen LogP contribution in [-0.4, -0.2) is 42.6 Å². The molecule has 1 saturated heterocycles.